The van der Waals surface area contributed by atoms with Crippen molar-refractivity contribution in [1.29, 1.82) is 0 Å². The van der Waals surface area contributed by atoms with Gasteiger partial charge in [0.25, 0.3) is 0 Å². The monoisotopic (exact) mass is 335 g/mol. The Morgan fingerprint density at radius 2 is 1.91 bits per heavy atom. The number of rotatable bonds is 3. The summed E-state index contributed by atoms with van der Waals surface area (Å²) in [6.07, 6.45) is 0. The zero-order chi connectivity index (χ0) is 15.5. The summed E-state index contributed by atoms with van der Waals surface area (Å²) >= 11 is 7.91. The molecule has 2 aromatic rings. The number of piperazine rings is 1. The van der Waals surface area contributed by atoms with Gasteiger partial charge in [0.05, 0.1) is 39.0 Å². The largest absolute Gasteiger partial charge is 0.334 e. The van der Waals surface area contributed by atoms with E-state index in [4.69, 9.17) is 11.6 Å². The Kier molecular flexibility index (Phi) is 4.91. The second kappa shape index (κ2) is 6.90. The van der Waals surface area contributed by atoms with Crippen molar-refractivity contribution in [3.63, 3.8) is 0 Å². The quantitative estimate of drug-likeness (QED) is 0.867. The van der Waals surface area contributed by atoms with Crippen molar-refractivity contribution >= 4 is 40.0 Å². The Hall–Kier alpha value is -1.23. The topological polar surface area (TPSA) is 24.8 Å². The first kappa shape index (κ1) is 15.7. The number of hydrogen-bond donors (Lipinski definition) is 1. The van der Waals surface area contributed by atoms with E-state index in [1.807, 2.05) is 29.2 Å². The molecule has 0 spiro atoms. The van der Waals surface area contributed by atoms with Gasteiger partial charge in [0.1, 0.15) is 0 Å². The number of fused-ring (bicyclic) bond motifs is 1. The molecule has 0 aliphatic carbocycles. The molecule has 0 atom stereocenters. The Morgan fingerprint density at radius 3 is 2.64 bits per heavy atom. The van der Waals surface area contributed by atoms with Crippen LogP contribution in [0.25, 0.3) is 10.8 Å². The minimum Gasteiger partial charge on any atom is -0.334 e. The third-order valence-electron chi connectivity index (χ3n) is 4.14. The van der Waals surface area contributed by atoms with Crippen LogP contribution in [0.4, 0.5) is 0 Å². The van der Waals surface area contributed by atoms with Crippen LogP contribution in [0, 0.1) is 0 Å². The summed E-state index contributed by atoms with van der Waals surface area (Å²) in [5.41, 5.74) is 0. The molecule has 1 saturated heterocycles. The van der Waals surface area contributed by atoms with Gasteiger partial charge < -0.3 is 9.80 Å². The number of likely N-dealkylation sites (N-methyl/N-ethyl adjacent to an activating group) is 1. The molecule has 1 fully saturated rings. The van der Waals surface area contributed by atoms with Crippen LogP contribution in [0.2, 0.25) is 5.02 Å². The number of nitrogens with one attached hydrogen (secondary N) is 1. The predicted molar refractivity (Wildman–Crippen MR) is 92.9 cm³/mol. The number of thioether (sulfide) groups is 1. The van der Waals surface area contributed by atoms with Crippen molar-refractivity contribution in [1.82, 2.24) is 4.90 Å². The fourth-order valence-corrected chi connectivity index (χ4v) is 4.10. The van der Waals surface area contributed by atoms with E-state index in [2.05, 4.69) is 19.2 Å². The fraction of sp³-hybridized carbons (Fsp3) is 0.353. The van der Waals surface area contributed by atoms with Gasteiger partial charge in [-0.25, -0.2) is 0 Å². The molecule has 1 amide bonds. The molecule has 3 rings (SSSR count). The van der Waals surface area contributed by atoms with Gasteiger partial charge in [-0.2, -0.15) is 0 Å². The Morgan fingerprint density at radius 1 is 1.23 bits per heavy atom. The summed E-state index contributed by atoms with van der Waals surface area (Å²) < 4.78 is 0. The maximum atomic E-state index is 12.4. The number of halogens is 1. The van der Waals surface area contributed by atoms with Crippen LogP contribution in [-0.2, 0) is 4.79 Å². The van der Waals surface area contributed by atoms with Gasteiger partial charge in [0, 0.05) is 15.3 Å². The molecule has 22 heavy (non-hydrogen) atoms. The zero-order valence-corrected chi connectivity index (χ0v) is 14.2. The van der Waals surface area contributed by atoms with Gasteiger partial charge in [-0.15, -0.1) is 11.8 Å². The van der Waals surface area contributed by atoms with Crippen LogP contribution in [-0.4, -0.2) is 49.8 Å². The molecule has 1 aliphatic heterocycles. The van der Waals surface area contributed by atoms with E-state index in [1.165, 1.54) is 4.90 Å². The summed E-state index contributed by atoms with van der Waals surface area (Å²) in [6, 6.07) is 12.0. The zero-order valence-electron chi connectivity index (χ0n) is 12.6. The highest BCUT2D eigenvalue weighted by Gasteiger charge is 2.21. The summed E-state index contributed by atoms with van der Waals surface area (Å²) in [5.74, 6) is 0.699. The lowest BCUT2D eigenvalue weighted by Crippen LogP contribution is -3.12. The molecule has 1 heterocycles. The van der Waals surface area contributed by atoms with E-state index in [0.717, 1.165) is 46.9 Å². The minimum absolute atomic E-state index is 0.224. The van der Waals surface area contributed by atoms with Gasteiger partial charge in [0.2, 0.25) is 5.91 Å². The normalized spacial score (nSPS) is 16.2. The van der Waals surface area contributed by atoms with Gasteiger partial charge >= 0.3 is 0 Å². The fourth-order valence-electron chi connectivity index (χ4n) is 2.75. The molecular weight excluding hydrogens is 316 g/mol. The van der Waals surface area contributed by atoms with Crippen LogP contribution in [0.15, 0.2) is 41.3 Å². The molecule has 1 N–H and O–H groups in total. The highest BCUT2D eigenvalue weighted by molar-refractivity contribution is 8.00. The SMILES string of the molecule is C[NH+]1CCN(C(=O)CSc2cccc3cccc(Cl)c23)CC1. The molecule has 0 saturated carbocycles. The molecule has 116 valence electrons. The summed E-state index contributed by atoms with van der Waals surface area (Å²) in [7, 11) is 2.18. The lowest BCUT2D eigenvalue weighted by Gasteiger charge is -2.30. The van der Waals surface area contributed by atoms with E-state index >= 15 is 0 Å². The number of hydrogen-bond acceptors (Lipinski definition) is 2. The second-order valence-corrected chi connectivity index (χ2v) is 7.15. The first-order valence-corrected chi connectivity index (χ1v) is 8.90. The Balaban J connectivity index is 1.70. The van der Waals surface area contributed by atoms with Gasteiger partial charge in [-0.3, -0.25) is 4.79 Å². The highest BCUT2D eigenvalue weighted by atomic mass is 35.5. The number of carbonyl (C=O) groups is 1. The maximum absolute atomic E-state index is 12.4. The number of amides is 1. The number of nitrogens with zero attached hydrogens (tertiary/aromatic N) is 1. The van der Waals surface area contributed by atoms with E-state index in [9.17, 15) is 4.79 Å². The van der Waals surface area contributed by atoms with E-state index in [-0.39, 0.29) is 5.91 Å². The van der Waals surface area contributed by atoms with E-state index < -0.39 is 0 Å². The lowest BCUT2D eigenvalue weighted by atomic mass is 10.1. The molecule has 0 bridgehead atoms. The smallest absolute Gasteiger partial charge is 0.233 e. The highest BCUT2D eigenvalue weighted by Crippen LogP contribution is 2.33. The first-order chi connectivity index (χ1) is 10.6. The molecular formula is C17H20ClN2OS+. The summed E-state index contributed by atoms with van der Waals surface area (Å²) in [4.78, 5) is 16.9. The van der Waals surface area contributed by atoms with Crippen molar-refractivity contribution in [3.05, 3.63) is 41.4 Å². The predicted octanol–water partition coefficient (Wildman–Crippen LogP) is 1.94. The van der Waals surface area contributed by atoms with Crippen LogP contribution < -0.4 is 4.90 Å². The summed E-state index contributed by atoms with van der Waals surface area (Å²) in [6.45, 7) is 3.80. The number of carbonyl (C=O) groups excluding carboxylic acids is 1. The molecule has 1 aliphatic rings. The third-order valence-corrected chi connectivity index (χ3v) is 5.49. The summed E-state index contributed by atoms with van der Waals surface area (Å²) in [5, 5.41) is 2.91. The number of quaternary nitrogens is 1. The molecule has 0 radical (unpaired) electrons. The third kappa shape index (κ3) is 3.40. The van der Waals surface area contributed by atoms with Crippen molar-refractivity contribution in [3.8, 4) is 0 Å². The Labute approximate surface area is 140 Å². The van der Waals surface area contributed by atoms with Crippen molar-refractivity contribution in [2.24, 2.45) is 0 Å². The first-order valence-electron chi connectivity index (χ1n) is 7.54. The van der Waals surface area contributed by atoms with Crippen LogP contribution >= 0.6 is 23.4 Å². The average molecular weight is 336 g/mol. The molecule has 0 aromatic heterocycles. The van der Waals surface area contributed by atoms with Crippen molar-refractivity contribution < 1.29 is 9.69 Å². The maximum Gasteiger partial charge on any atom is 0.233 e. The van der Waals surface area contributed by atoms with Gasteiger partial charge in [-0.1, -0.05) is 35.9 Å². The van der Waals surface area contributed by atoms with Gasteiger partial charge in [-0.05, 0) is 17.5 Å². The average Bonchev–Trinajstić information content (AvgIpc) is 2.53. The minimum atomic E-state index is 0.224. The van der Waals surface area contributed by atoms with Crippen molar-refractivity contribution in [2.75, 3.05) is 39.0 Å². The Bertz CT molecular complexity index is 678. The molecule has 0 unspecified atom stereocenters. The molecule has 3 nitrogen and oxygen atoms in total. The standard InChI is InChI=1S/C17H19ClN2OS/c1-19-8-10-20(11-9-19)16(21)12-22-15-7-3-5-13-4-2-6-14(18)17(13)15/h2-7H,8-12H2,1H3/p+1. The van der Waals surface area contributed by atoms with Crippen LogP contribution in [0.1, 0.15) is 0 Å². The van der Waals surface area contributed by atoms with E-state index in [1.54, 1.807) is 11.8 Å². The van der Waals surface area contributed by atoms with Crippen LogP contribution in [0.5, 0.6) is 0 Å². The molecule has 5 heteroatoms. The van der Waals surface area contributed by atoms with Crippen molar-refractivity contribution in [2.45, 2.75) is 4.90 Å². The second-order valence-electron chi connectivity index (χ2n) is 5.72. The van der Waals surface area contributed by atoms with E-state index in [0.29, 0.717) is 5.75 Å². The molecule has 2 aromatic carbocycles. The number of benzene rings is 2. The van der Waals surface area contributed by atoms with Crippen LogP contribution in [0.3, 0.4) is 0 Å². The van der Waals surface area contributed by atoms with Gasteiger partial charge in [0.15, 0.2) is 0 Å². The lowest BCUT2D eigenvalue weighted by molar-refractivity contribution is -0.883.